The fraction of sp³-hybridized carbons (Fsp3) is 0.250. The Morgan fingerprint density at radius 3 is 2.48 bits per heavy atom. The summed E-state index contributed by atoms with van der Waals surface area (Å²) in [4.78, 5) is 16.0. The lowest BCUT2D eigenvalue weighted by molar-refractivity contribution is -0.146. The molecule has 0 fully saturated rings. The van der Waals surface area contributed by atoms with Gasteiger partial charge < -0.3 is 9.47 Å². The number of rotatable bonds is 4. The molecule has 0 aliphatic heterocycles. The van der Waals surface area contributed by atoms with Gasteiger partial charge in [-0.1, -0.05) is 11.6 Å². The first kappa shape index (κ1) is 15.3. The number of hydrogen-bond donors (Lipinski definition) is 0. The summed E-state index contributed by atoms with van der Waals surface area (Å²) in [5, 5.41) is 0.635. The van der Waals surface area contributed by atoms with Gasteiger partial charge in [0.1, 0.15) is 5.75 Å². The van der Waals surface area contributed by atoms with E-state index in [2.05, 4.69) is 4.98 Å². The van der Waals surface area contributed by atoms with E-state index < -0.39 is 5.41 Å². The Balaban J connectivity index is 2.25. The lowest BCUT2D eigenvalue weighted by Crippen LogP contribution is -2.30. The Morgan fingerprint density at radius 1 is 1.19 bits per heavy atom. The monoisotopic (exact) mass is 305 g/mol. The van der Waals surface area contributed by atoms with Crippen molar-refractivity contribution in [3.8, 4) is 11.6 Å². The summed E-state index contributed by atoms with van der Waals surface area (Å²) in [6.45, 7) is 3.58. The molecule has 0 aliphatic carbocycles. The number of benzene rings is 1. The summed E-state index contributed by atoms with van der Waals surface area (Å²) >= 11 is 5.83. The van der Waals surface area contributed by atoms with E-state index >= 15 is 0 Å². The topological polar surface area (TPSA) is 48.4 Å². The van der Waals surface area contributed by atoms with Gasteiger partial charge >= 0.3 is 5.97 Å². The van der Waals surface area contributed by atoms with Crippen LogP contribution in [-0.4, -0.2) is 18.1 Å². The van der Waals surface area contributed by atoms with Crippen molar-refractivity contribution in [2.45, 2.75) is 19.3 Å². The predicted molar refractivity (Wildman–Crippen MR) is 80.8 cm³/mol. The molecular formula is C16H16ClNO3. The largest absolute Gasteiger partial charge is 0.468 e. The number of halogens is 1. The van der Waals surface area contributed by atoms with E-state index in [1.54, 1.807) is 56.4 Å². The van der Waals surface area contributed by atoms with E-state index in [0.717, 1.165) is 5.56 Å². The summed E-state index contributed by atoms with van der Waals surface area (Å²) in [7, 11) is 1.37. The van der Waals surface area contributed by atoms with Gasteiger partial charge in [-0.2, -0.15) is 0 Å². The summed E-state index contributed by atoms with van der Waals surface area (Å²) in [6, 6.07) is 10.5. The van der Waals surface area contributed by atoms with Gasteiger partial charge in [-0.05, 0) is 49.7 Å². The van der Waals surface area contributed by atoms with E-state index in [0.29, 0.717) is 16.7 Å². The second kappa shape index (κ2) is 6.14. The highest BCUT2D eigenvalue weighted by Gasteiger charge is 2.31. The predicted octanol–water partition coefficient (Wildman–Crippen LogP) is 3.98. The molecule has 4 nitrogen and oxygen atoms in total. The van der Waals surface area contributed by atoms with Crippen molar-refractivity contribution in [1.82, 2.24) is 4.98 Å². The lowest BCUT2D eigenvalue weighted by Gasteiger charge is -2.22. The average molecular weight is 306 g/mol. The summed E-state index contributed by atoms with van der Waals surface area (Å²) in [6.07, 6.45) is 1.60. The number of methoxy groups -OCH3 is 1. The summed E-state index contributed by atoms with van der Waals surface area (Å²) < 4.78 is 10.5. The molecular weight excluding hydrogens is 290 g/mol. The molecule has 0 aliphatic rings. The minimum Gasteiger partial charge on any atom is -0.468 e. The summed E-state index contributed by atoms with van der Waals surface area (Å²) in [5.74, 6) is 0.720. The van der Waals surface area contributed by atoms with Crippen molar-refractivity contribution in [2.75, 3.05) is 7.11 Å². The molecule has 0 bridgehead atoms. The van der Waals surface area contributed by atoms with Gasteiger partial charge in [0.2, 0.25) is 5.88 Å². The average Bonchev–Trinajstić information content (AvgIpc) is 2.49. The molecule has 5 heteroatoms. The van der Waals surface area contributed by atoms with Crippen molar-refractivity contribution in [1.29, 1.82) is 0 Å². The van der Waals surface area contributed by atoms with Crippen molar-refractivity contribution < 1.29 is 14.3 Å². The van der Waals surface area contributed by atoms with E-state index in [9.17, 15) is 4.79 Å². The molecule has 110 valence electrons. The molecule has 1 aromatic heterocycles. The SMILES string of the molecule is COC(=O)C(C)(C)c1ccnc(Oc2ccc(Cl)cc2)c1. The van der Waals surface area contributed by atoms with Gasteiger partial charge in [0.15, 0.2) is 0 Å². The first-order chi connectivity index (χ1) is 9.93. The number of nitrogens with zero attached hydrogens (tertiary/aromatic N) is 1. The van der Waals surface area contributed by atoms with E-state index in [1.807, 2.05) is 0 Å². The van der Waals surface area contributed by atoms with Crippen molar-refractivity contribution in [2.24, 2.45) is 0 Å². The second-order valence-electron chi connectivity index (χ2n) is 5.06. The molecule has 0 saturated heterocycles. The van der Waals surface area contributed by atoms with Crippen LogP contribution in [0.15, 0.2) is 42.6 Å². The molecule has 1 heterocycles. The van der Waals surface area contributed by atoms with Gasteiger partial charge in [0.05, 0.1) is 12.5 Å². The smallest absolute Gasteiger partial charge is 0.315 e. The molecule has 0 saturated carbocycles. The quantitative estimate of drug-likeness (QED) is 0.802. The normalized spacial score (nSPS) is 11.0. The third kappa shape index (κ3) is 3.52. The van der Waals surface area contributed by atoms with Gasteiger partial charge in [-0.3, -0.25) is 4.79 Å². The van der Waals surface area contributed by atoms with Crippen LogP contribution in [-0.2, 0) is 14.9 Å². The van der Waals surface area contributed by atoms with Crippen LogP contribution in [0.3, 0.4) is 0 Å². The van der Waals surface area contributed by atoms with Crippen LogP contribution in [0.2, 0.25) is 5.02 Å². The summed E-state index contributed by atoms with van der Waals surface area (Å²) in [5.41, 5.74) is 0.00353. The molecule has 2 aromatic rings. The molecule has 0 unspecified atom stereocenters. The van der Waals surface area contributed by atoms with Gasteiger partial charge in [-0.25, -0.2) is 4.98 Å². The number of pyridine rings is 1. The number of aromatic nitrogens is 1. The Kier molecular flexibility index (Phi) is 4.48. The van der Waals surface area contributed by atoms with Gasteiger partial charge in [-0.15, -0.1) is 0 Å². The Hall–Kier alpha value is -2.07. The number of ether oxygens (including phenoxy) is 2. The first-order valence-electron chi connectivity index (χ1n) is 6.42. The highest BCUT2D eigenvalue weighted by molar-refractivity contribution is 6.30. The maximum Gasteiger partial charge on any atom is 0.315 e. The van der Waals surface area contributed by atoms with Crippen molar-refractivity contribution in [3.05, 3.63) is 53.2 Å². The molecule has 0 spiro atoms. The zero-order valence-corrected chi connectivity index (χ0v) is 12.8. The number of carbonyl (C=O) groups is 1. The standard InChI is InChI=1S/C16H16ClNO3/c1-16(2,15(19)20-3)11-8-9-18-14(10-11)21-13-6-4-12(17)5-7-13/h4-10H,1-3H3. The van der Waals surface area contributed by atoms with Crippen LogP contribution in [0.25, 0.3) is 0 Å². The van der Waals surface area contributed by atoms with E-state index in [-0.39, 0.29) is 5.97 Å². The second-order valence-corrected chi connectivity index (χ2v) is 5.49. The highest BCUT2D eigenvalue weighted by atomic mass is 35.5. The molecule has 0 radical (unpaired) electrons. The van der Waals surface area contributed by atoms with Crippen LogP contribution in [0.1, 0.15) is 19.4 Å². The van der Waals surface area contributed by atoms with Gasteiger partial charge in [0, 0.05) is 17.3 Å². The number of carbonyl (C=O) groups excluding carboxylic acids is 1. The zero-order chi connectivity index (χ0) is 15.5. The molecule has 0 N–H and O–H groups in total. The maximum atomic E-state index is 11.8. The third-order valence-electron chi connectivity index (χ3n) is 3.19. The molecule has 1 aromatic carbocycles. The van der Waals surface area contributed by atoms with Crippen LogP contribution < -0.4 is 4.74 Å². The number of hydrogen-bond acceptors (Lipinski definition) is 4. The Bertz CT molecular complexity index is 638. The number of esters is 1. The highest BCUT2D eigenvalue weighted by Crippen LogP contribution is 2.28. The van der Waals surface area contributed by atoms with Crippen molar-refractivity contribution in [3.63, 3.8) is 0 Å². The fourth-order valence-electron chi connectivity index (χ4n) is 1.85. The van der Waals surface area contributed by atoms with Gasteiger partial charge in [0.25, 0.3) is 0 Å². The van der Waals surface area contributed by atoms with Crippen molar-refractivity contribution >= 4 is 17.6 Å². The maximum absolute atomic E-state index is 11.8. The minimum absolute atomic E-state index is 0.314. The lowest BCUT2D eigenvalue weighted by atomic mass is 9.85. The van der Waals surface area contributed by atoms with Crippen LogP contribution in [0, 0.1) is 0 Å². The minimum atomic E-state index is -0.768. The van der Waals surface area contributed by atoms with E-state index in [1.165, 1.54) is 7.11 Å². The Morgan fingerprint density at radius 2 is 1.86 bits per heavy atom. The third-order valence-corrected chi connectivity index (χ3v) is 3.44. The van der Waals surface area contributed by atoms with E-state index in [4.69, 9.17) is 21.1 Å². The fourth-order valence-corrected chi connectivity index (χ4v) is 1.98. The van der Waals surface area contributed by atoms with Crippen LogP contribution in [0.5, 0.6) is 11.6 Å². The Labute approximate surface area is 128 Å². The van der Waals surface area contributed by atoms with Crippen LogP contribution >= 0.6 is 11.6 Å². The molecule has 21 heavy (non-hydrogen) atoms. The molecule has 0 atom stereocenters. The molecule has 0 amide bonds. The zero-order valence-electron chi connectivity index (χ0n) is 12.1. The molecule has 2 rings (SSSR count). The van der Waals surface area contributed by atoms with Crippen LogP contribution in [0.4, 0.5) is 0 Å². The first-order valence-corrected chi connectivity index (χ1v) is 6.79.